The molecule has 1 aromatic rings. The highest BCUT2D eigenvalue weighted by molar-refractivity contribution is 5.30. The van der Waals surface area contributed by atoms with Crippen molar-refractivity contribution in [2.45, 2.75) is 39.5 Å². The fourth-order valence-electron chi connectivity index (χ4n) is 2.84. The van der Waals surface area contributed by atoms with E-state index in [1.165, 1.54) is 6.07 Å². The molecule has 0 unspecified atom stereocenters. The number of aromatic nitrogens is 1. The Labute approximate surface area is 124 Å². The van der Waals surface area contributed by atoms with Gasteiger partial charge in [-0.25, -0.2) is 0 Å². The smallest absolute Gasteiger partial charge is 0.223 e. The molecule has 2 rings (SSSR count). The molecule has 0 radical (unpaired) electrons. The van der Waals surface area contributed by atoms with E-state index in [1.807, 2.05) is 0 Å². The Morgan fingerprint density at radius 1 is 1.29 bits per heavy atom. The van der Waals surface area contributed by atoms with Gasteiger partial charge in [0.1, 0.15) is 0 Å². The maximum absolute atomic E-state index is 11.8. The lowest BCUT2D eigenvalue weighted by atomic mass is 9.99. The first kappa shape index (κ1) is 16.0. The molecule has 1 aliphatic rings. The van der Waals surface area contributed by atoms with Crippen LogP contribution in [0.25, 0.3) is 0 Å². The Hall–Kier alpha value is -1.37. The summed E-state index contributed by atoms with van der Waals surface area (Å²) < 4.78 is 1.65. The number of aliphatic hydroxyl groups is 2. The summed E-state index contributed by atoms with van der Waals surface area (Å²) in [5.41, 5.74) is 0.427. The average Bonchev–Trinajstić information content (AvgIpc) is 2.48. The van der Waals surface area contributed by atoms with E-state index in [2.05, 4.69) is 11.8 Å². The third-order valence-electron chi connectivity index (χ3n) is 4.21. The molecule has 118 valence electrons. The Balaban J connectivity index is 2.31. The van der Waals surface area contributed by atoms with Crippen LogP contribution in [0, 0.1) is 5.92 Å². The fraction of sp³-hybridized carbons (Fsp3) is 0.667. The normalized spacial score (nSPS) is 17.3. The number of rotatable bonds is 5. The predicted octanol–water partition coefficient (Wildman–Crippen LogP) is 0.270. The van der Waals surface area contributed by atoms with Gasteiger partial charge in [0, 0.05) is 24.8 Å². The highest BCUT2D eigenvalue weighted by atomic mass is 16.3. The molecule has 1 fully saturated rings. The minimum atomic E-state index is -0.478. The second kappa shape index (κ2) is 7.06. The Morgan fingerprint density at radius 2 is 1.95 bits per heavy atom. The second-order valence-electron chi connectivity index (χ2n) is 5.79. The van der Waals surface area contributed by atoms with Crippen LogP contribution in [-0.4, -0.2) is 44.5 Å². The molecule has 0 spiro atoms. The summed E-state index contributed by atoms with van der Waals surface area (Å²) in [6.45, 7) is 4.39. The number of piperidine rings is 1. The number of aromatic hydroxyl groups is 1. The van der Waals surface area contributed by atoms with Crippen molar-refractivity contribution in [3.63, 3.8) is 0 Å². The van der Waals surface area contributed by atoms with E-state index < -0.39 is 5.43 Å². The lowest BCUT2D eigenvalue weighted by molar-refractivity contribution is 0.175. The van der Waals surface area contributed by atoms with Crippen molar-refractivity contribution in [1.82, 2.24) is 9.47 Å². The van der Waals surface area contributed by atoms with Gasteiger partial charge in [-0.3, -0.25) is 9.69 Å². The van der Waals surface area contributed by atoms with Gasteiger partial charge < -0.3 is 19.9 Å². The fourth-order valence-corrected chi connectivity index (χ4v) is 2.84. The van der Waals surface area contributed by atoms with Crippen LogP contribution >= 0.6 is 0 Å². The minimum absolute atomic E-state index is 0.112. The molecule has 6 heteroatoms. The monoisotopic (exact) mass is 296 g/mol. The third kappa shape index (κ3) is 3.64. The highest BCUT2D eigenvalue weighted by Crippen LogP contribution is 2.22. The molecule has 1 aliphatic heterocycles. The highest BCUT2D eigenvalue weighted by Gasteiger charge is 2.20. The van der Waals surface area contributed by atoms with Gasteiger partial charge in [-0.1, -0.05) is 6.92 Å². The second-order valence-corrected chi connectivity index (χ2v) is 5.79. The van der Waals surface area contributed by atoms with Crippen LogP contribution in [0.1, 0.15) is 31.2 Å². The number of aliphatic hydroxyl groups excluding tert-OH is 2. The van der Waals surface area contributed by atoms with E-state index in [1.54, 1.807) is 4.57 Å². The van der Waals surface area contributed by atoms with Crippen LogP contribution in [0.15, 0.2) is 10.9 Å². The summed E-state index contributed by atoms with van der Waals surface area (Å²) >= 11 is 0. The topological polar surface area (TPSA) is 85.9 Å². The molecule has 3 N–H and O–H groups in total. The summed E-state index contributed by atoms with van der Waals surface area (Å²) in [7, 11) is 0. The zero-order valence-electron chi connectivity index (χ0n) is 12.5. The molecule has 0 aromatic carbocycles. The van der Waals surface area contributed by atoms with Crippen LogP contribution in [0.2, 0.25) is 0 Å². The standard InChI is InChI=1S/C15H24N2O4/c1-11-2-4-16(5-3-11)9-13-15(21)14(20)8-12(10-19)17(13)6-7-18/h8,11,18-19,21H,2-7,9-10H2,1H3. The molecule has 0 saturated carbocycles. The zero-order chi connectivity index (χ0) is 15.4. The molecular formula is C15H24N2O4. The van der Waals surface area contributed by atoms with E-state index in [-0.39, 0.29) is 25.5 Å². The van der Waals surface area contributed by atoms with E-state index in [4.69, 9.17) is 0 Å². The minimum Gasteiger partial charge on any atom is -0.503 e. The van der Waals surface area contributed by atoms with Crippen LogP contribution in [0.5, 0.6) is 5.75 Å². The van der Waals surface area contributed by atoms with Crippen LogP contribution in [0.4, 0.5) is 0 Å². The summed E-state index contributed by atoms with van der Waals surface area (Å²) in [5, 5.41) is 28.7. The van der Waals surface area contributed by atoms with Crippen molar-refractivity contribution >= 4 is 0 Å². The van der Waals surface area contributed by atoms with Crippen LogP contribution in [-0.2, 0) is 19.7 Å². The average molecular weight is 296 g/mol. The quantitative estimate of drug-likeness (QED) is 0.726. The summed E-state index contributed by atoms with van der Waals surface area (Å²) in [4.78, 5) is 14.0. The Kier molecular flexibility index (Phi) is 5.39. The molecule has 0 aliphatic carbocycles. The molecule has 21 heavy (non-hydrogen) atoms. The van der Waals surface area contributed by atoms with Crippen molar-refractivity contribution in [1.29, 1.82) is 0 Å². The van der Waals surface area contributed by atoms with Gasteiger partial charge in [-0.05, 0) is 31.8 Å². The van der Waals surface area contributed by atoms with Crippen molar-refractivity contribution in [2.24, 2.45) is 5.92 Å². The molecule has 2 heterocycles. The van der Waals surface area contributed by atoms with Crippen LogP contribution < -0.4 is 5.43 Å². The Morgan fingerprint density at radius 3 is 2.52 bits per heavy atom. The number of pyridine rings is 1. The SMILES string of the molecule is CC1CCN(Cc2c(O)c(=O)cc(CO)n2CCO)CC1. The number of nitrogens with zero attached hydrogens (tertiary/aromatic N) is 2. The first-order valence-electron chi connectivity index (χ1n) is 7.45. The number of hydrogen-bond donors (Lipinski definition) is 3. The predicted molar refractivity (Wildman–Crippen MR) is 79.1 cm³/mol. The van der Waals surface area contributed by atoms with Crippen molar-refractivity contribution < 1.29 is 15.3 Å². The summed E-state index contributed by atoms with van der Waals surface area (Å²) in [6.07, 6.45) is 2.20. The van der Waals surface area contributed by atoms with Crippen molar-refractivity contribution in [3.8, 4) is 5.75 Å². The van der Waals surface area contributed by atoms with E-state index >= 15 is 0 Å². The van der Waals surface area contributed by atoms with Gasteiger partial charge in [-0.15, -0.1) is 0 Å². The van der Waals surface area contributed by atoms with Gasteiger partial charge in [0.15, 0.2) is 5.75 Å². The molecule has 0 atom stereocenters. The molecular weight excluding hydrogens is 272 g/mol. The summed E-state index contributed by atoms with van der Waals surface area (Å²) in [6, 6.07) is 1.23. The third-order valence-corrected chi connectivity index (χ3v) is 4.21. The van der Waals surface area contributed by atoms with E-state index in [0.29, 0.717) is 23.9 Å². The number of likely N-dealkylation sites (tertiary alicyclic amines) is 1. The van der Waals surface area contributed by atoms with Gasteiger partial charge in [0.25, 0.3) is 0 Å². The van der Waals surface area contributed by atoms with Gasteiger partial charge in [-0.2, -0.15) is 0 Å². The number of hydrogen-bond acceptors (Lipinski definition) is 5. The molecule has 1 aromatic heterocycles. The first-order valence-corrected chi connectivity index (χ1v) is 7.45. The molecule has 1 saturated heterocycles. The maximum atomic E-state index is 11.8. The van der Waals surface area contributed by atoms with Crippen molar-refractivity contribution in [3.05, 3.63) is 27.7 Å². The first-order chi connectivity index (χ1) is 10.1. The largest absolute Gasteiger partial charge is 0.503 e. The molecule has 0 amide bonds. The van der Waals surface area contributed by atoms with Gasteiger partial charge in [0.2, 0.25) is 5.43 Å². The summed E-state index contributed by atoms with van der Waals surface area (Å²) in [5.74, 6) is 0.428. The lowest BCUT2D eigenvalue weighted by Crippen LogP contribution is -2.34. The molecule has 6 nitrogen and oxygen atoms in total. The van der Waals surface area contributed by atoms with E-state index in [0.717, 1.165) is 25.9 Å². The van der Waals surface area contributed by atoms with Gasteiger partial charge in [0.05, 0.1) is 18.9 Å². The molecule has 0 bridgehead atoms. The lowest BCUT2D eigenvalue weighted by Gasteiger charge is -2.31. The zero-order valence-corrected chi connectivity index (χ0v) is 12.5. The Bertz CT molecular complexity index is 533. The van der Waals surface area contributed by atoms with Crippen LogP contribution in [0.3, 0.4) is 0 Å². The van der Waals surface area contributed by atoms with E-state index in [9.17, 15) is 20.1 Å². The van der Waals surface area contributed by atoms with Crippen molar-refractivity contribution in [2.75, 3.05) is 19.7 Å². The maximum Gasteiger partial charge on any atom is 0.223 e. The van der Waals surface area contributed by atoms with Gasteiger partial charge >= 0.3 is 0 Å².